The highest BCUT2D eigenvalue weighted by Gasteiger charge is 2.27. The maximum Gasteiger partial charge on any atom is 0.416 e. The summed E-state index contributed by atoms with van der Waals surface area (Å²) in [6.45, 7) is 15.9. The predicted molar refractivity (Wildman–Crippen MR) is 157 cm³/mol. The number of rotatable bonds is 12. The van der Waals surface area contributed by atoms with Gasteiger partial charge in [-0.15, -0.1) is 0 Å². The Morgan fingerprint density at radius 2 is 1.88 bits per heavy atom. The van der Waals surface area contributed by atoms with Crippen molar-refractivity contribution >= 4 is 31.4 Å². The van der Waals surface area contributed by atoms with Crippen molar-refractivity contribution in [2.24, 2.45) is 0 Å². The Bertz CT molecular complexity index is 1140. The monoisotopic (exact) mass is 574 g/mol. The zero-order chi connectivity index (χ0) is 29.3. The molecule has 0 unspecified atom stereocenters. The molecule has 1 amide bonds. The molecule has 1 saturated heterocycles. The maximum absolute atomic E-state index is 13.4. The van der Waals surface area contributed by atoms with Crippen molar-refractivity contribution in [1.29, 1.82) is 0 Å². The standard InChI is InChI=1S/C28H42N4O7Si/c1-28(2,3)39-27(33)31(19-22-8-7-9-24(16-22)32(34)35)26-18-25(30-10-12-36-13-11-30)17-23(29-26)20-38-21-37-14-15-40(4,5)6/h7-9,16-18H,10-15,19-21H2,1-6H3. The van der Waals surface area contributed by atoms with Gasteiger partial charge in [0.15, 0.2) is 0 Å². The largest absolute Gasteiger partial charge is 0.443 e. The molecule has 0 aliphatic carbocycles. The second kappa shape index (κ2) is 14.0. The number of non-ortho nitro benzene ring substituents is 1. The third kappa shape index (κ3) is 10.5. The Labute approximate surface area is 237 Å². The van der Waals surface area contributed by atoms with Gasteiger partial charge in [0.25, 0.3) is 5.69 Å². The van der Waals surface area contributed by atoms with Gasteiger partial charge in [-0.2, -0.15) is 0 Å². The number of benzene rings is 1. The van der Waals surface area contributed by atoms with Crippen molar-refractivity contribution in [3.05, 3.63) is 57.8 Å². The van der Waals surface area contributed by atoms with E-state index >= 15 is 0 Å². The van der Waals surface area contributed by atoms with Crippen LogP contribution in [-0.2, 0) is 32.1 Å². The Morgan fingerprint density at radius 1 is 1.15 bits per heavy atom. The number of morpholine rings is 1. The molecule has 12 heteroatoms. The summed E-state index contributed by atoms with van der Waals surface area (Å²) in [7, 11) is -1.19. The molecule has 1 aliphatic rings. The van der Waals surface area contributed by atoms with Gasteiger partial charge in [0.2, 0.25) is 0 Å². The molecule has 0 radical (unpaired) electrons. The van der Waals surface area contributed by atoms with Crippen LogP contribution in [0.3, 0.4) is 0 Å². The van der Waals surface area contributed by atoms with E-state index < -0.39 is 24.7 Å². The summed E-state index contributed by atoms with van der Waals surface area (Å²) in [6.07, 6.45) is -0.604. The van der Waals surface area contributed by atoms with E-state index in [4.69, 9.17) is 23.9 Å². The van der Waals surface area contributed by atoms with Crippen LogP contribution >= 0.6 is 0 Å². The van der Waals surface area contributed by atoms with Gasteiger partial charge in [-0.25, -0.2) is 9.78 Å². The van der Waals surface area contributed by atoms with Gasteiger partial charge < -0.3 is 23.8 Å². The molecule has 0 N–H and O–H groups in total. The number of aromatic nitrogens is 1. The second-order valence-corrected chi connectivity index (χ2v) is 17.6. The number of hydrogen-bond donors (Lipinski definition) is 0. The molecule has 0 atom stereocenters. The van der Waals surface area contributed by atoms with E-state index in [9.17, 15) is 14.9 Å². The smallest absolute Gasteiger partial charge is 0.416 e. The molecular formula is C28H42N4O7Si. The number of nitro benzene ring substituents is 1. The van der Waals surface area contributed by atoms with Gasteiger partial charge >= 0.3 is 6.09 Å². The molecule has 2 aromatic rings. The minimum Gasteiger partial charge on any atom is -0.443 e. The van der Waals surface area contributed by atoms with Crippen LogP contribution in [0.2, 0.25) is 25.7 Å². The van der Waals surface area contributed by atoms with Crippen LogP contribution in [0.15, 0.2) is 36.4 Å². The number of anilines is 2. The van der Waals surface area contributed by atoms with Gasteiger partial charge in [-0.3, -0.25) is 15.0 Å². The van der Waals surface area contributed by atoms with Crippen LogP contribution < -0.4 is 9.80 Å². The van der Waals surface area contributed by atoms with Gasteiger partial charge in [0.1, 0.15) is 18.2 Å². The Kier molecular flexibility index (Phi) is 11.0. The molecule has 1 aromatic heterocycles. The lowest BCUT2D eigenvalue weighted by Gasteiger charge is -2.31. The molecule has 11 nitrogen and oxygen atoms in total. The SMILES string of the molecule is CC(C)(C)OC(=O)N(Cc1cccc([N+](=O)[O-])c1)c1cc(N2CCOCC2)cc(COCOCC[Si](C)(C)C)n1. The summed E-state index contributed by atoms with van der Waals surface area (Å²) < 4.78 is 22.7. The highest BCUT2D eigenvalue weighted by Crippen LogP contribution is 2.27. The Hall–Kier alpha value is -3.06. The van der Waals surface area contributed by atoms with E-state index in [0.29, 0.717) is 50.0 Å². The number of carbonyl (C=O) groups is 1. The summed E-state index contributed by atoms with van der Waals surface area (Å²) in [5.74, 6) is 0.364. The van der Waals surface area contributed by atoms with E-state index in [-0.39, 0.29) is 25.6 Å². The number of amides is 1. The van der Waals surface area contributed by atoms with Crippen molar-refractivity contribution in [1.82, 2.24) is 4.98 Å². The lowest BCUT2D eigenvalue weighted by molar-refractivity contribution is -0.384. The molecule has 1 aromatic carbocycles. The van der Waals surface area contributed by atoms with Crippen molar-refractivity contribution < 1.29 is 28.7 Å². The summed E-state index contributed by atoms with van der Waals surface area (Å²) >= 11 is 0. The van der Waals surface area contributed by atoms with Gasteiger partial charge in [-0.1, -0.05) is 31.8 Å². The number of nitro groups is 1. The third-order valence-corrected chi connectivity index (χ3v) is 7.70. The number of hydrogen-bond acceptors (Lipinski definition) is 9. The molecule has 3 rings (SSSR count). The number of ether oxygens (including phenoxy) is 4. The van der Waals surface area contributed by atoms with Crippen LogP contribution in [0.5, 0.6) is 0 Å². The predicted octanol–water partition coefficient (Wildman–Crippen LogP) is 5.60. The fourth-order valence-corrected chi connectivity index (χ4v) is 4.68. The summed E-state index contributed by atoms with van der Waals surface area (Å²) in [4.78, 5) is 32.7. The lowest BCUT2D eigenvalue weighted by atomic mass is 10.2. The topological polar surface area (TPSA) is 116 Å². The molecule has 0 spiro atoms. The molecule has 40 heavy (non-hydrogen) atoms. The van der Waals surface area contributed by atoms with Crippen LogP contribution in [-0.4, -0.2) is 69.4 Å². The first-order valence-corrected chi connectivity index (χ1v) is 17.2. The first kappa shape index (κ1) is 31.5. The highest BCUT2D eigenvalue weighted by atomic mass is 28.3. The van der Waals surface area contributed by atoms with E-state index in [1.165, 1.54) is 17.0 Å². The number of nitrogens with zero attached hydrogens (tertiary/aromatic N) is 4. The quantitative estimate of drug-likeness (QED) is 0.105. The summed E-state index contributed by atoms with van der Waals surface area (Å²) in [6, 6.07) is 11.0. The lowest BCUT2D eigenvalue weighted by Crippen LogP contribution is -2.38. The zero-order valence-corrected chi connectivity index (χ0v) is 25.5. The van der Waals surface area contributed by atoms with Crippen LogP contribution in [0, 0.1) is 10.1 Å². The average Bonchev–Trinajstić information content (AvgIpc) is 2.88. The molecule has 2 heterocycles. The maximum atomic E-state index is 13.4. The van der Waals surface area contributed by atoms with Crippen LogP contribution in [0.1, 0.15) is 32.0 Å². The van der Waals surface area contributed by atoms with E-state index in [0.717, 1.165) is 11.7 Å². The summed E-state index contributed by atoms with van der Waals surface area (Å²) in [5.41, 5.74) is 1.27. The fourth-order valence-electron chi connectivity index (χ4n) is 3.92. The van der Waals surface area contributed by atoms with Crippen molar-refractivity contribution in [3.63, 3.8) is 0 Å². The highest BCUT2D eigenvalue weighted by molar-refractivity contribution is 6.76. The first-order chi connectivity index (χ1) is 18.8. The van der Waals surface area contributed by atoms with Gasteiger partial charge in [0.05, 0.1) is 37.0 Å². The average molecular weight is 575 g/mol. The van der Waals surface area contributed by atoms with Crippen molar-refractivity contribution in [3.8, 4) is 0 Å². The van der Waals surface area contributed by atoms with E-state index in [1.54, 1.807) is 32.9 Å². The Balaban J connectivity index is 1.90. The van der Waals surface area contributed by atoms with Crippen molar-refractivity contribution in [2.75, 3.05) is 49.5 Å². The minimum atomic E-state index is -1.19. The second-order valence-electron chi connectivity index (χ2n) is 12.0. The van der Waals surface area contributed by atoms with E-state index in [2.05, 4.69) is 24.5 Å². The number of carbonyl (C=O) groups excluding carboxylic acids is 1. The van der Waals surface area contributed by atoms with Gasteiger partial charge in [-0.05, 0) is 38.4 Å². The van der Waals surface area contributed by atoms with Crippen LogP contribution in [0.25, 0.3) is 0 Å². The molecular weight excluding hydrogens is 532 g/mol. The Morgan fingerprint density at radius 3 is 2.52 bits per heavy atom. The fraction of sp³-hybridized carbons (Fsp3) is 0.571. The molecule has 1 fully saturated rings. The summed E-state index contributed by atoms with van der Waals surface area (Å²) in [5, 5.41) is 11.4. The third-order valence-electron chi connectivity index (χ3n) is 5.99. The molecule has 0 bridgehead atoms. The van der Waals surface area contributed by atoms with Crippen LogP contribution in [0.4, 0.5) is 22.0 Å². The normalized spacial score (nSPS) is 14.2. The van der Waals surface area contributed by atoms with Crippen molar-refractivity contribution in [2.45, 2.75) is 65.2 Å². The molecule has 0 saturated carbocycles. The minimum absolute atomic E-state index is 0.0380. The first-order valence-electron chi connectivity index (χ1n) is 13.5. The van der Waals surface area contributed by atoms with Gasteiger partial charge in [0, 0.05) is 51.7 Å². The van der Waals surface area contributed by atoms with E-state index in [1.807, 2.05) is 12.1 Å². The zero-order valence-electron chi connectivity index (χ0n) is 24.5. The number of pyridine rings is 1. The molecule has 1 aliphatic heterocycles. The molecule has 220 valence electrons.